The van der Waals surface area contributed by atoms with Crippen LogP contribution in [0.2, 0.25) is 0 Å². The molecule has 9 heteroatoms. The molecule has 0 bridgehead atoms. The minimum absolute atomic E-state index is 0.0447. The third-order valence-electron chi connectivity index (χ3n) is 4.73. The summed E-state index contributed by atoms with van der Waals surface area (Å²) in [5.41, 5.74) is 8.82. The third kappa shape index (κ3) is 3.02. The molecule has 4 rings (SSSR count). The van der Waals surface area contributed by atoms with Crippen LogP contribution in [0.1, 0.15) is 17.0 Å². The van der Waals surface area contributed by atoms with Gasteiger partial charge in [0.15, 0.2) is 0 Å². The van der Waals surface area contributed by atoms with Crippen LogP contribution in [0.25, 0.3) is 11.3 Å². The van der Waals surface area contributed by atoms with Crippen molar-refractivity contribution in [2.75, 3.05) is 7.11 Å². The van der Waals surface area contributed by atoms with E-state index in [1.807, 2.05) is 24.3 Å². The van der Waals surface area contributed by atoms with Crippen molar-refractivity contribution in [3.63, 3.8) is 0 Å². The molecular weight excluding hydrogens is 374 g/mol. The first kappa shape index (κ1) is 18.1. The van der Waals surface area contributed by atoms with Crippen LogP contribution >= 0.6 is 0 Å². The molecule has 0 aliphatic carbocycles. The van der Waals surface area contributed by atoms with E-state index >= 15 is 0 Å². The summed E-state index contributed by atoms with van der Waals surface area (Å²) < 4.78 is 10.9. The monoisotopic (exact) mass is 389 g/mol. The summed E-state index contributed by atoms with van der Waals surface area (Å²) in [6.07, 6.45) is 0. The van der Waals surface area contributed by atoms with Crippen molar-refractivity contribution in [1.82, 2.24) is 10.2 Å². The van der Waals surface area contributed by atoms with Crippen LogP contribution < -0.4 is 15.2 Å². The summed E-state index contributed by atoms with van der Waals surface area (Å²) in [7, 11) is 1.57. The molecule has 0 spiro atoms. The maximum atomic E-state index is 11.0. The van der Waals surface area contributed by atoms with Crippen LogP contribution in [0.3, 0.4) is 0 Å². The average Bonchev–Trinajstić information content (AvgIpc) is 3.16. The fraction of sp³-hybridized carbons (Fsp3) is 0.100. The quantitative estimate of drug-likeness (QED) is 0.515. The van der Waals surface area contributed by atoms with E-state index < -0.39 is 10.8 Å². The predicted octanol–water partition coefficient (Wildman–Crippen LogP) is 3.21. The molecule has 2 aromatic carbocycles. The van der Waals surface area contributed by atoms with Gasteiger partial charge in [0, 0.05) is 17.7 Å². The van der Waals surface area contributed by atoms with Gasteiger partial charge in [0.1, 0.15) is 17.4 Å². The number of ether oxygens (including phenoxy) is 2. The molecule has 1 atom stereocenters. The zero-order valence-electron chi connectivity index (χ0n) is 15.2. The molecule has 0 fully saturated rings. The zero-order chi connectivity index (χ0) is 20.5. The van der Waals surface area contributed by atoms with E-state index in [1.165, 1.54) is 12.1 Å². The lowest BCUT2D eigenvalue weighted by molar-refractivity contribution is -0.384. The van der Waals surface area contributed by atoms with Gasteiger partial charge in [-0.15, -0.1) is 5.10 Å². The fourth-order valence-corrected chi connectivity index (χ4v) is 3.37. The number of H-pyrrole nitrogens is 1. The topological polar surface area (TPSA) is 140 Å². The minimum Gasteiger partial charge on any atom is -0.497 e. The van der Waals surface area contributed by atoms with Crippen LogP contribution in [0.4, 0.5) is 5.69 Å². The number of nitriles is 1. The molecule has 0 unspecified atom stereocenters. The maximum absolute atomic E-state index is 11.0. The van der Waals surface area contributed by atoms with Crippen LogP contribution in [0, 0.1) is 21.4 Å². The molecule has 29 heavy (non-hydrogen) atoms. The number of methoxy groups -OCH3 is 1. The van der Waals surface area contributed by atoms with Gasteiger partial charge >= 0.3 is 0 Å². The van der Waals surface area contributed by atoms with Gasteiger partial charge in [0.2, 0.25) is 11.8 Å². The molecule has 1 aromatic heterocycles. The normalized spacial score (nSPS) is 15.2. The highest BCUT2D eigenvalue weighted by Crippen LogP contribution is 2.46. The Morgan fingerprint density at radius 1 is 1.31 bits per heavy atom. The largest absolute Gasteiger partial charge is 0.497 e. The predicted molar refractivity (Wildman–Crippen MR) is 103 cm³/mol. The summed E-state index contributed by atoms with van der Waals surface area (Å²) in [4.78, 5) is 10.5. The molecular formula is C20H15N5O4. The maximum Gasteiger partial charge on any atom is 0.269 e. The van der Waals surface area contributed by atoms with Gasteiger partial charge in [-0.25, -0.2) is 0 Å². The van der Waals surface area contributed by atoms with Gasteiger partial charge in [0.05, 0.1) is 29.2 Å². The van der Waals surface area contributed by atoms with Gasteiger partial charge in [-0.05, 0) is 17.7 Å². The number of nitrogens with two attached hydrogens (primary N) is 1. The average molecular weight is 389 g/mol. The van der Waals surface area contributed by atoms with Crippen molar-refractivity contribution in [3.05, 3.63) is 81.2 Å². The van der Waals surface area contributed by atoms with Gasteiger partial charge in [-0.2, -0.15) is 5.26 Å². The van der Waals surface area contributed by atoms with E-state index in [4.69, 9.17) is 15.2 Å². The van der Waals surface area contributed by atoms with E-state index in [0.29, 0.717) is 22.6 Å². The molecule has 0 saturated heterocycles. The number of allylic oxidation sites excluding steroid dienone is 1. The van der Waals surface area contributed by atoms with Gasteiger partial charge in [-0.1, -0.05) is 24.3 Å². The molecule has 0 amide bonds. The van der Waals surface area contributed by atoms with Crippen molar-refractivity contribution in [3.8, 4) is 29.0 Å². The van der Waals surface area contributed by atoms with Crippen LogP contribution in [0.5, 0.6) is 11.6 Å². The molecule has 0 radical (unpaired) electrons. The highest BCUT2D eigenvalue weighted by atomic mass is 16.6. The zero-order valence-corrected chi connectivity index (χ0v) is 15.2. The molecule has 3 N–H and O–H groups in total. The lowest BCUT2D eigenvalue weighted by Crippen LogP contribution is -2.21. The Labute approximate surface area is 165 Å². The SMILES string of the molecule is COc1cccc(-c2[nH]nc3c2[C@@H](c2ccc([N+](=O)[O-])cc2)C(C#N)=C(N)O3)c1. The molecule has 144 valence electrons. The Hall–Kier alpha value is -4.32. The Balaban J connectivity index is 1.90. The summed E-state index contributed by atoms with van der Waals surface area (Å²) in [6, 6.07) is 15.4. The Bertz CT molecular complexity index is 1170. The Morgan fingerprint density at radius 2 is 2.07 bits per heavy atom. The third-order valence-corrected chi connectivity index (χ3v) is 4.73. The lowest BCUT2D eigenvalue weighted by atomic mass is 9.83. The summed E-state index contributed by atoms with van der Waals surface area (Å²) in [5.74, 6) is 0.268. The van der Waals surface area contributed by atoms with Gasteiger partial charge in [-0.3, -0.25) is 15.2 Å². The second kappa shape index (κ2) is 7.01. The first-order chi connectivity index (χ1) is 14.0. The first-order valence-corrected chi connectivity index (χ1v) is 8.58. The minimum atomic E-state index is -0.593. The number of nitro benzene ring substituents is 1. The van der Waals surface area contributed by atoms with Gasteiger partial charge in [0.25, 0.3) is 5.69 Å². The number of rotatable bonds is 4. The number of nitro groups is 1. The van der Waals surface area contributed by atoms with Gasteiger partial charge < -0.3 is 15.2 Å². The summed E-state index contributed by atoms with van der Waals surface area (Å²) in [6.45, 7) is 0. The summed E-state index contributed by atoms with van der Waals surface area (Å²) in [5, 5.41) is 27.9. The number of nitrogens with zero attached hydrogens (tertiary/aromatic N) is 3. The lowest BCUT2D eigenvalue weighted by Gasteiger charge is -2.24. The number of benzene rings is 2. The van der Waals surface area contributed by atoms with E-state index in [0.717, 1.165) is 5.56 Å². The molecule has 3 aromatic rings. The van der Waals surface area contributed by atoms with Crippen molar-refractivity contribution in [1.29, 1.82) is 5.26 Å². The molecule has 1 aliphatic rings. The smallest absolute Gasteiger partial charge is 0.269 e. The first-order valence-electron chi connectivity index (χ1n) is 8.58. The Morgan fingerprint density at radius 3 is 2.72 bits per heavy atom. The van der Waals surface area contributed by atoms with Crippen LogP contribution in [0.15, 0.2) is 60.0 Å². The van der Waals surface area contributed by atoms with E-state index in [-0.39, 0.29) is 23.0 Å². The number of non-ortho nitro benzene ring substituents is 1. The molecule has 0 saturated carbocycles. The molecule has 1 aliphatic heterocycles. The molecule has 9 nitrogen and oxygen atoms in total. The van der Waals surface area contributed by atoms with Crippen molar-refractivity contribution in [2.24, 2.45) is 5.73 Å². The second-order valence-electron chi connectivity index (χ2n) is 6.32. The fourth-order valence-electron chi connectivity index (χ4n) is 3.37. The van der Waals surface area contributed by atoms with E-state index in [9.17, 15) is 15.4 Å². The second-order valence-corrected chi connectivity index (χ2v) is 6.32. The number of aromatic nitrogens is 2. The number of hydrogen-bond donors (Lipinski definition) is 2. The highest BCUT2D eigenvalue weighted by molar-refractivity contribution is 5.71. The molecule has 2 heterocycles. The number of nitrogens with one attached hydrogen (secondary N) is 1. The summed E-state index contributed by atoms with van der Waals surface area (Å²) >= 11 is 0. The Kier molecular flexibility index (Phi) is 4.37. The van der Waals surface area contributed by atoms with E-state index in [1.54, 1.807) is 19.2 Å². The van der Waals surface area contributed by atoms with Crippen molar-refractivity contribution in [2.45, 2.75) is 5.92 Å². The number of aromatic amines is 1. The number of hydrogen-bond acceptors (Lipinski definition) is 7. The highest BCUT2D eigenvalue weighted by Gasteiger charge is 2.35. The van der Waals surface area contributed by atoms with Crippen LogP contribution in [-0.4, -0.2) is 22.2 Å². The van der Waals surface area contributed by atoms with Crippen molar-refractivity contribution >= 4 is 5.69 Å². The van der Waals surface area contributed by atoms with Crippen molar-refractivity contribution < 1.29 is 14.4 Å². The van der Waals surface area contributed by atoms with Crippen LogP contribution in [-0.2, 0) is 0 Å². The standard InChI is InChI=1S/C20H15N5O4/c1-28-14-4-2-3-12(9-14)18-17-16(11-5-7-13(8-6-11)25(26)27)15(10-21)19(22)29-20(17)24-23-18/h2-9,16H,22H2,1H3,(H,23,24)/t16-/m0/s1. The van der Waals surface area contributed by atoms with E-state index in [2.05, 4.69) is 16.3 Å². The number of fused-ring (bicyclic) bond motifs is 1.